The Morgan fingerprint density at radius 1 is 1.50 bits per heavy atom. The Morgan fingerprint density at radius 2 is 2.30 bits per heavy atom. The second-order valence-electron chi connectivity index (χ2n) is 5.11. The molecule has 0 aliphatic carbocycles. The van der Waals surface area contributed by atoms with Gasteiger partial charge in [0, 0.05) is 24.0 Å². The molecule has 5 heteroatoms. The fourth-order valence-electron chi connectivity index (χ4n) is 2.48. The summed E-state index contributed by atoms with van der Waals surface area (Å²) in [7, 11) is 1.85. The molecule has 0 bridgehead atoms. The molecule has 2 heterocycles. The molecule has 1 atom stereocenters. The molecule has 3 rings (SSSR count). The van der Waals surface area contributed by atoms with Gasteiger partial charge in [-0.2, -0.15) is 0 Å². The van der Waals surface area contributed by atoms with Crippen LogP contribution >= 0.6 is 11.3 Å². The summed E-state index contributed by atoms with van der Waals surface area (Å²) in [6.45, 7) is 2.61. The lowest BCUT2D eigenvalue weighted by atomic mass is 10.1. The van der Waals surface area contributed by atoms with Gasteiger partial charge in [-0.15, -0.1) is 11.3 Å². The third kappa shape index (κ3) is 2.41. The van der Waals surface area contributed by atoms with E-state index in [-0.39, 0.29) is 11.9 Å². The number of carbonyl (C=O) groups excluding carboxylic acids is 1. The number of carbonyl (C=O) groups is 1. The fraction of sp³-hybridized carbons (Fsp3) is 0.333. The molecule has 1 aromatic heterocycles. The number of rotatable bonds is 3. The topological polar surface area (TPSA) is 45.2 Å². The highest BCUT2D eigenvalue weighted by Crippen LogP contribution is 2.26. The average molecular weight is 287 g/mol. The minimum Gasteiger partial charge on any atom is -0.373 e. The predicted octanol–water partition coefficient (Wildman–Crippen LogP) is 2.45. The first-order chi connectivity index (χ1) is 9.65. The molecule has 0 radical (unpaired) electrons. The SMILES string of the molecule is Cc1ncsc1CN(C)C(=O)C1Cc2ccccc2N1. The van der Waals surface area contributed by atoms with Gasteiger partial charge in [-0.1, -0.05) is 18.2 Å². The van der Waals surface area contributed by atoms with Gasteiger partial charge >= 0.3 is 0 Å². The molecule has 1 aliphatic rings. The first-order valence-corrected chi connectivity index (χ1v) is 7.51. The van der Waals surface area contributed by atoms with Crippen molar-refractivity contribution in [2.45, 2.75) is 25.9 Å². The number of benzene rings is 1. The second-order valence-corrected chi connectivity index (χ2v) is 6.05. The van der Waals surface area contributed by atoms with Gasteiger partial charge in [-0.05, 0) is 18.6 Å². The number of thiazole rings is 1. The van der Waals surface area contributed by atoms with Gasteiger partial charge in [-0.3, -0.25) is 4.79 Å². The lowest BCUT2D eigenvalue weighted by molar-refractivity contribution is -0.131. The molecular formula is C15H17N3OS. The van der Waals surface area contributed by atoms with Crippen LogP contribution in [-0.2, 0) is 17.8 Å². The molecule has 1 amide bonds. The molecule has 0 saturated carbocycles. The van der Waals surface area contributed by atoms with Crippen molar-refractivity contribution in [1.82, 2.24) is 9.88 Å². The highest BCUT2D eigenvalue weighted by Gasteiger charge is 2.28. The van der Waals surface area contributed by atoms with Crippen LogP contribution in [0.25, 0.3) is 0 Å². The standard InChI is InChI=1S/C15H17N3OS/c1-10-14(20-9-16-10)8-18(2)15(19)13-7-11-5-3-4-6-12(11)17-13/h3-6,9,13,17H,7-8H2,1-2H3. The molecule has 104 valence electrons. The number of fused-ring (bicyclic) bond motifs is 1. The quantitative estimate of drug-likeness (QED) is 0.943. The minimum absolute atomic E-state index is 0.133. The minimum atomic E-state index is -0.148. The number of hydrogen-bond donors (Lipinski definition) is 1. The maximum atomic E-state index is 12.5. The van der Waals surface area contributed by atoms with Gasteiger partial charge in [-0.25, -0.2) is 4.98 Å². The van der Waals surface area contributed by atoms with Gasteiger partial charge < -0.3 is 10.2 Å². The molecule has 1 unspecified atom stereocenters. The Labute approximate surface area is 122 Å². The van der Waals surface area contributed by atoms with Crippen molar-refractivity contribution in [3.63, 3.8) is 0 Å². The molecule has 4 nitrogen and oxygen atoms in total. The zero-order valence-corrected chi connectivity index (χ0v) is 12.4. The Kier molecular flexibility index (Phi) is 3.44. The van der Waals surface area contributed by atoms with Crippen LogP contribution in [0.3, 0.4) is 0 Å². The maximum Gasteiger partial charge on any atom is 0.245 e. The molecular weight excluding hydrogens is 270 g/mol. The van der Waals surface area contributed by atoms with E-state index in [4.69, 9.17) is 0 Å². The van der Waals surface area contributed by atoms with E-state index >= 15 is 0 Å². The Morgan fingerprint density at radius 3 is 3.00 bits per heavy atom. The third-order valence-electron chi connectivity index (χ3n) is 3.67. The predicted molar refractivity (Wildman–Crippen MR) is 80.9 cm³/mol. The van der Waals surface area contributed by atoms with E-state index in [9.17, 15) is 4.79 Å². The van der Waals surface area contributed by atoms with Crippen LogP contribution in [0.2, 0.25) is 0 Å². The van der Waals surface area contributed by atoms with E-state index in [0.717, 1.165) is 22.7 Å². The van der Waals surface area contributed by atoms with Crippen molar-refractivity contribution >= 4 is 22.9 Å². The van der Waals surface area contributed by atoms with E-state index in [2.05, 4.69) is 16.4 Å². The third-order valence-corrected chi connectivity index (χ3v) is 4.59. The smallest absolute Gasteiger partial charge is 0.245 e. The van der Waals surface area contributed by atoms with Crippen LogP contribution in [0, 0.1) is 6.92 Å². The normalized spacial score (nSPS) is 16.6. The van der Waals surface area contributed by atoms with Crippen molar-refractivity contribution in [2.75, 3.05) is 12.4 Å². The molecule has 0 spiro atoms. The molecule has 20 heavy (non-hydrogen) atoms. The van der Waals surface area contributed by atoms with Crippen LogP contribution in [0.15, 0.2) is 29.8 Å². The number of nitrogens with zero attached hydrogens (tertiary/aromatic N) is 2. The lowest BCUT2D eigenvalue weighted by Gasteiger charge is -2.21. The van der Waals surface area contributed by atoms with Crippen molar-refractivity contribution in [2.24, 2.45) is 0 Å². The van der Waals surface area contributed by atoms with Crippen LogP contribution in [0.5, 0.6) is 0 Å². The van der Waals surface area contributed by atoms with E-state index in [1.165, 1.54) is 5.56 Å². The maximum absolute atomic E-state index is 12.5. The van der Waals surface area contributed by atoms with Gasteiger partial charge in [0.25, 0.3) is 0 Å². The second kappa shape index (κ2) is 5.25. The van der Waals surface area contributed by atoms with E-state index in [1.807, 2.05) is 37.7 Å². The number of nitrogens with one attached hydrogen (secondary N) is 1. The first-order valence-electron chi connectivity index (χ1n) is 6.63. The van der Waals surface area contributed by atoms with Crippen molar-refractivity contribution in [3.05, 3.63) is 45.9 Å². The van der Waals surface area contributed by atoms with Crippen LogP contribution in [0.4, 0.5) is 5.69 Å². The van der Waals surface area contributed by atoms with Gasteiger partial charge in [0.05, 0.1) is 17.7 Å². The summed E-state index contributed by atoms with van der Waals surface area (Å²) in [5, 5.41) is 3.31. The average Bonchev–Trinajstić information content (AvgIpc) is 3.04. The molecule has 1 aliphatic heterocycles. The number of likely N-dealkylation sites (N-methyl/N-ethyl adjacent to an activating group) is 1. The number of aromatic nitrogens is 1. The monoisotopic (exact) mass is 287 g/mol. The number of aryl methyl sites for hydroxylation is 1. The summed E-state index contributed by atoms with van der Waals surface area (Å²) in [5.41, 5.74) is 5.13. The molecule has 0 fully saturated rings. The number of para-hydroxylation sites is 1. The molecule has 1 aromatic carbocycles. The zero-order valence-electron chi connectivity index (χ0n) is 11.6. The number of hydrogen-bond acceptors (Lipinski definition) is 4. The number of amides is 1. The highest BCUT2D eigenvalue weighted by molar-refractivity contribution is 7.09. The van der Waals surface area contributed by atoms with Crippen LogP contribution < -0.4 is 5.32 Å². The Bertz CT molecular complexity index is 613. The van der Waals surface area contributed by atoms with E-state index in [0.29, 0.717) is 6.54 Å². The highest BCUT2D eigenvalue weighted by atomic mass is 32.1. The largest absolute Gasteiger partial charge is 0.373 e. The lowest BCUT2D eigenvalue weighted by Crippen LogP contribution is -2.39. The zero-order chi connectivity index (χ0) is 14.1. The summed E-state index contributed by atoms with van der Waals surface area (Å²) >= 11 is 1.60. The van der Waals surface area contributed by atoms with Gasteiger partial charge in [0.15, 0.2) is 0 Å². The van der Waals surface area contributed by atoms with Crippen molar-refractivity contribution in [3.8, 4) is 0 Å². The Balaban J connectivity index is 1.67. The fourth-order valence-corrected chi connectivity index (χ4v) is 3.31. The first kappa shape index (κ1) is 13.1. The summed E-state index contributed by atoms with van der Waals surface area (Å²) in [5.74, 6) is 0.133. The van der Waals surface area contributed by atoms with Gasteiger partial charge in [0.2, 0.25) is 5.91 Å². The summed E-state index contributed by atoms with van der Waals surface area (Å²) in [6, 6.07) is 7.95. The molecule has 2 aromatic rings. The summed E-state index contributed by atoms with van der Waals surface area (Å²) in [4.78, 5) is 19.7. The van der Waals surface area contributed by atoms with E-state index in [1.54, 1.807) is 16.2 Å². The summed E-state index contributed by atoms with van der Waals surface area (Å²) < 4.78 is 0. The van der Waals surface area contributed by atoms with Crippen molar-refractivity contribution in [1.29, 1.82) is 0 Å². The molecule has 0 saturated heterocycles. The number of anilines is 1. The van der Waals surface area contributed by atoms with Crippen LogP contribution in [0.1, 0.15) is 16.1 Å². The summed E-state index contributed by atoms with van der Waals surface area (Å²) in [6.07, 6.45) is 0.765. The Hall–Kier alpha value is -1.88. The van der Waals surface area contributed by atoms with Crippen molar-refractivity contribution < 1.29 is 4.79 Å². The van der Waals surface area contributed by atoms with Crippen LogP contribution in [-0.4, -0.2) is 28.9 Å². The van der Waals surface area contributed by atoms with E-state index < -0.39 is 0 Å². The van der Waals surface area contributed by atoms with Gasteiger partial charge in [0.1, 0.15) is 6.04 Å². The molecule has 1 N–H and O–H groups in total.